The quantitative estimate of drug-likeness (QED) is 0.810. The molecule has 0 spiro atoms. The number of halogens is 1. The van der Waals surface area contributed by atoms with Crippen molar-refractivity contribution in [3.05, 3.63) is 24.0 Å². The molecule has 1 aliphatic heterocycles. The Morgan fingerprint density at radius 2 is 2.44 bits per heavy atom. The molecule has 1 saturated heterocycles. The van der Waals surface area contributed by atoms with E-state index in [0.29, 0.717) is 13.1 Å². The van der Waals surface area contributed by atoms with E-state index in [9.17, 15) is 9.18 Å². The van der Waals surface area contributed by atoms with Crippen LogP contribution in [-0.2, 0) is 18.4 Å². The van der Waals surface area contributed by atoms with Crippen LogP contribution < -0.4 is 5.73 Å². The van der Waals surface area contributed by atoms with Gasteiger partial charge in [-0.2, -0.15) is 0 Å². The maximum atomic E-state index is 13.3. The van der Waals surface area contributed by atoms with Crippen LogP contribution in [0.2, 0.25) is 0 Å². The lowest BCUT2D eigenvalue weighted by Gasteiger charge is -2.21. The molecule has 1 fully saturated rings. The number of hydrogen-bond donors (Lipinski definition) is 1. The number of rotatable bonds is 3. The molecule has 2 rings (SSSR count). The van der Waals surface area contributed by atoms with Crippen LogP contribution in [0.5, 0.6) is 0 Å². The molecule has 4 nitrogen and oxygen atoms in total. The second kappa shape index (κ2) is 4.25. The standard InChI is InChI=1S/C11H16FN3O/c1-14-4-2-3-9(14)7-15-6-8(12)5-10(15)11(13)16/h2-4,8,10H,5-7H2,1H3,(H2,13,16)/t8-,10+/m1/s1. The molecule has 0 bridgehead atoms. The lowest BCUT2D eigenvalue weighted by atomic mass is 10.2. The SMILES string of the molecule is Cn1cccc1CN1C[C@H](F)C[C@H]1C(N)=O. The van der Waals surface area contributed by atoms with E-state index in [2.05, 4.69) is 0 Å². The zero-order valence-electron chi connectivity index (χ0n) is 9.27. The van der Waals surface area contributed by atoms with Crippen LogP contribution in [0.1, 0.15) is 12.1 Å². The molecule has 1 aromatic heterocycles. The van der Waals surface area contributed by atoms with Crippen LogP contribution in [0.3, 0.4) is 0 Å². The van der Waals surface area contributed by atoms with Crippen molar-refractivity contribution in [2.75, 3.05) is 6.54 Å². The Morgan fingerprint density at radius 3 is 3.00 bits per heavy atom. The number of likely N-dealkylation sites (tertiary alicyclic amines) is 1. The molecule has 1 amide bonds. The fourth-order valence-corrected chi connectivity index (χ4v) is 2.19. The normalized spacial score (nSPS) is 26.1. The number of carbonyl (C=O) groups excluding carboxylic acids is 1. The van der Waals surface area contributed by atoms with Crippen LogP contribution >= 0.6 is 0 Å². The molecule has 16 heavy (non-hydrogen) atoms. The third kappa shape index (κ3) is 2.09. The second-order valence-electron chi connectivity index (χ2n) is 4.29. The molecule has 0 radical (unpaired) electrons. The maximum absolute atomic E-state index is 13.3. The first-order valence-corrected chi connectivity index (χ1v) is 5.35. The number of amides is 1. The summed E-state index contributed by atoms with van der Waals surface area (Å²) in [5, 5.41) is 0. The first-order valence-electron chi connectivity index (χ1n) is 5.35. The van der Waals surface area contributed by atoms with Gasteiger partial charge in [-0.1, -0.05) is 0 Å². The number of primary amides is 1. The van der Waals surface area contributed by atoms with Gasteiger partial charge in [-0.15, -0.1) is 0 Å². The first-order chi connectivity index (χ1) is 7.58. The van der Waals surface area contributed by atoms with Crippen molar-refractivity contribution in [3.63, 3.8) is 0 Å². The number of alkyl halides is 1. The summed E-state index contributed by atoms with van der Waals surface area (Å²) in [6, 6.07) is 3.42. The van der Waals surface area contributed by atoms with Gasteiger partial charge in [-0.3, -0.25) is 9.69 Å². The highest BCUT2D eigenvalue weighted by atomic mass is 19.1. The molecular weight excluding hydrogens is 209 g/mol. The number of nitrogens with zero attached hydrogens (tertiary/aromatic N) is 2. The van der Waals surface area contributed by atoms with Gasteiger partial charge in [0.1, 0.15) is 6.17 Å². The summed E-state index contributed by atoms with van der Waals surface area (Å²) < 4.78 is 15.2. The highest BCUT2D eigenvalue weighted by Gasteiger charge is 2.35. The predicted octanol–water partition coefficient (Wildman–Crippen LogP) is 0.423. The summed E-state index contributed by atoms with van der Waals surface area (Å²) >= 11 is 0. The minimum atomic E-state index is -0.947. The Balaban J connectivity index is 2.09. The number of carbonyl (C=O) groups is 1. The predicted molar refractivity (Wildman–Crippen MR) is 58.3 cm³/mol. The Morgan fingerprint density at radius 1 is 1.69 bits per heavy atom. The fraction of sp³-hybridized carbons (Fsp3) is 0.545. The van der Waals surface area contributed by atoms with Gasteiger partial charge < -0.3 is 10.3 Å². The summed E-state index contributed by atoms with van der Waals surface area (Å²) in [4.78, 5) is 13.0. The fourth-order valence-electron chi connectivity index (χ4n) is 2.19. The van der Waals surface area contributed by atoms with Crippen molar-refractivity contribution in [3.8, 4) is 0 Å². The molecule has 0 saturated carbocycles. The van der Waals surface area contributed by atoms with Crippen LogP contribution in [-0.4, -0.2) is 34.1 Å². The molecule has 1 aliphatic rings. The van der Waals surface area contributed by atoms with Crippen molar-refractivity contribution >= 4 is 5.91 Å². The molecule has 0 unspecified atom stereocenters. The van der Waals surface area contributed by atoms with Gasteiger partial charge in [0.05, 0.1) is 6.04 Å². The minimum Gasteiger partial charge on any atom is -0.368 e. The number of nitrogens with two attached hydrogens (primary N) is 1. The molecule has 2 heterocycles. The van der Waals surface area contributed by atoms with Gasteiger partial charge >= 0.3 is 0 Å². The van der Waals surface area contributed by atoms with E-state index in [0.717, 1.165) is 5.69 Å². The van der Waals surface area contributed by atoms with Gasteiger partial charge in [0, 0.05) is 38.4 Å². The van der Waals surface area contributed by atoms with Gasteiger partial charge in [0.15, 0.2) is 0 Å². The van der Waals surface area contributed by atoms with Crippen LogP contribution in [0, 0.1) is 0 Å². The average molecular weight is 225 g/mol. The number of aromatic nitrogens is 1. The van der Waals surface area contributed by atoms with Gasteiger partial charge in [-0.05, 0) is 12.1 Å². The van der Waals surface area contributed by atoms with Crippen LogP contribution in [0.25, 0.3) is 0 Å². The van der Waals surface area contributed by atoms with Gasteiger partial charge in [0.2, 0.25) is 5.91 Å². The van der Waals surface area contributed by atoms with Crippen molar-refractivity contribution in [1.82, 2.24) is 9.47 Å². The van der Waals surface area contributed by atoms with Crippen molar-refractivity contribution in [2.45, 2.75) is 25.2 Å². The zero-order chi connectivity index (χ0) is 11.7. The Kier molecular flexibility index (Phi) is 2.96. The topological polar surface area (TPSA) is 51.3 Å². The molecule has 2 atom stereocenters. The van der Waals surface area contributed by atoms with Gasteiger partial charge in [-0.25, -0.2) is 4.39 Å². The molecular formula is C11H16FN3O. The maximum Gasteiger partial charge on any atom is 0.234 e. The Labute approximate surface area is 93.8 Å². The first kappa shape index (κ1) is 11.1. The molecule has 0 aromatic carbocycles. The smallest absolute Gasteiger partial charge is 0.234 e. The van der Waals surface area contributed by atoms with Gasteiger partial charge in [0.25, 0.3) is 0 Å². The van der Waals surface area contributed by atoms with E-state index in [1.807, 2.05) is 34.8 Å². The van der Waals surface area contributed by atoms with Crippen molar-refractivity contribution < 1.29 is 9.18 Å². The summed E-state index contributed by atoms with van der Waals surface area (Å²) in [5.74, 6) is -0.436. The van der Waals surface area contributed by atoms with E-state index in [4.69, 9.17) is 5.73 Å². The summed E-state index contributed by atoms with van der Waals surface area (Å²) in [6.45, 7) is 0.857. The highest BCUT2D eigenvalue weighted by Crippen LogP contribution is 2.22. The Hall–Kier alpha value is -1.36. The zero-order valence-corrected chi connectivity index (χ0v) is 9.27. The highest BCUT2D eigenvalue weighted by molar-refractivity contribution is 5.80. The average Bonchev–Trinajstić information content (AvgIpc) is 2.75. The lowest BCUT2D eigenvalue weighted by Crippen LogP contribution is -2.40. The largest absolute Gasteiger partial charge is 0.368 e. The second-order valence-corrected chi connectivity index (χ2v) is 4.29. The minimum absolute atomic E-state index is 0.222. The molecule has 5 heteroatoms. The Bertz CT molecular complexity index is 390. The molecule has 1 aromatic rings. The van der Waals surface area contributed by atoms with Crippen LogP contribution in [0.15, 0.2) is 18.3 Å². The van der Waals surface area contributed by atoms with Crippen LogP contribution in [0.4, 0.5) is 4.39 Å². The molecule has 2 N–H and O–H groups in total. The number of hydrogen-bond acceptors (Lipinski definition) is 2. The summed E-state index contributed by atoms with van der Waals surface area (Å²) in [7, 11) is 1.93. The third-order valence-corrected chi connectivity index (χ3v) is 3.10. The summed E-state index contributed by atoms with van der Waals surface area (Å²) in [6.07, 6.45) is 1.20. The summed E-state index contributed by atoms with van der Waals surface area (Å²) in [5.41, 5.74) is 6.32. The number of aryl methyl sites for hydroxylation is 1. The van der Waals surface area contributed by atoms with E-state index >= 15 is 0 Å². The molecule has 0 aliphatic carbocycles. The van der Waals surface area contributed by atoms with Crippen molar-refractivity contribution in [1.29, 1.82) is 0 Å². The monoisotopic (exact) mass is 225 g/mol. The van der Waals surface area contributed by atoms with E-state index in [1.54, 1.807) is 0 Å². The van der Waals surface area contributed by atoms with Crippen molar-refractivity contribution in [2.24, 2.45) is 12.8 Å². The van der Waals surface area contributed by atoms with E-state index in [1.165, 1.54) is 0 Å². The van der Waals surface area contributed by atoms with E-state index < -0.39 is 18.1 Å². The van der Waals surface area contributed by atoms with E-state index in [-0.39, 0.29) is 6.42 Å². The third-order valence-electron chi connectivity index (χ3n) is 3.10. The lowest BCUT2D eigenvalue weighted by molar-refractivity contribution is -0.122. The molecule has 88 valence electrons.